The number of thioether (sulfide) groups is 1. The molecule has 1 saturated heterocycles. The van der Waals surface area contributed by atoms with Crippen molar-refractivity contribution in [2.24, 2.45) is 0 Å². The van der Waals surface area contributed by atoms with E-state index >= 15 is 0 Å². The van der Waals surface area contributed by atoms with Gasteiger partial charge >= 0.3 is 0 Å². The van der Waals surface area contributed by atoms with Gasteiger partial charge in [-0.3, -0.25) is 0 Å². The van der Waals surface area contributed by atoms with Gasteiger partial charge in [0.1, 0.15) is 5.82 Å². The summed E-state index contributed by atoms with van der Waals surface area (Å²) in [7, 11) is 1.90. The molecule has 0 aromatic heterocycles. The summed E-state index contributed by atoms with van der Waals surface area (Å²) >= 11 is 1.78. The van der Waals surface area contributed by atoms with Gasteiger partial charge in [-0.25, -0.2) is 4.39 Å². The molecule has 106 valence electrons. The largest absolute Gasteiger partial charge is 0.377 e. The van der Waals surface area contributed by atoms with Crippen molar-refractivity contribution in [2.45, 2.75) is 43.7 Å². The summed E-state index contributed by atoms with van der Waals surface area (Å²) in [6, 6.07) is 3.77. The van der Waals surface area contributed by atoms with Gasteiger partial charge in [0, 0.05) is 23.3 Å². The van der Waals surface area contributed by atoms with Crippen molar-refractivity contribution < 1.29 is 9.13 Å². The Morgan fingerprint density at radius 1 is 1.53 bits per heavy atom. The van der Waals surface area contributed by atoms with Crippen molar-refractivity contribution in [2.75, 3.05) is 19.4 Å². The molecule has 0 bridgehead atoms. The molecule has 1 aliphatic heterocycles. The van der Waals surface area contributed by atoms with Crippen molar-refractivity contribution in [3.63, 3.8) is 0 Å². The summed E-state index contributed by atoms with van der Waals surface area (Å²) in [6.45, 7) is 4.76. The summed E-state index contributed by atoms with van der Waals surface area (Å²) in [5.74, 6) is 0.827. The molecule has 0 saturated carbocycles. The third kappa shape index (κ3) is 3.71. The van der Waals surface area contributed by atoms with Crippen molar-refractivity contribution in [3.8, 4) is 0 Å². The monoisotopic (exact) mass is 283 g/mol. The molecule has 1 fully saturated rings. The lowest BCUT2D eigenvalue weighted by molar-refractivity contribution is 0.129. The second-order valence-corrected chi connectivity index (χ2v) is 6.16. The van der Waals surface area contributed by atoms with Gasteiger partial charge in [0.25, 0.3) is 0 Å². The third-order valence-corrected chi connectivity index (χ3v) is 4.84. The molecular weight excluding hydrogens is 261 g/mol. The van der Waals surface area contributed by atoms with Gasteiger partial charge in [0.05, 0.1) is 6.10 Å². The molecule has 2 rings (SSSR count). The second kappa shape index (κ2) is 6.73. The smallest absolute Gasteiger partial charge is 0.126 e. The SMILES string of the molecule is CNC(C)c1cc(F)c(C)cc1SCC1CCCO1. The number of benzene rings is 1. The molecule has 1 N–H and O–H groups in total. The standard InChI is InChI=1S/C15H22FNOS/c1-10-7-15(19-9-12-5-4-6-18-12)13(8-14(10)16)11(2)17-3/h7-8,11-12,17H,4-6,9H2,1-3H3. The van der Waals surface area contributed by atoms with Crippen molar-refractivity contribution >= 4 is 11.8 Å². The van der Waals surface area contributed by atoms with E-state index in [0.717, 1.165) is 35.7 Å². The second-order valence-electron chi connectivity index (χ2n) is 5.10. The molecule has 4 heteroatoms. The van der Waals surface area contributed by atoms with E-state index in [9.17, 15) is 4.39 Å². The highest BCUT2D eigenvalue weighted by molar-refractivity contribution is 7.99. The Labute approximate surface area is 119 Å². The summed E-state index contributed by atoms with van der Waals surface area (Å²) in [5, 5.41) is 3.19. The normalized spacial score (nSPS) is 20.7. The zero-order valence-corrected chi connectivity index (χ0v) is 12.6. The van der Waals surface area contributed by atoms with Gasteiger partial charge in [0.15, 0.2) is 0 Å². The first-order valence-electron chi connectivity index (χ1n) is 6.83. The van der Waals surface area contributed by atoms with Crippen LogP contribution in [0, 0.1) is 12.7 Å². The quantitative estimate of drug-likeness (QED) is 0.833. The van der Waals surface area contributed by atoms with Crippen LogP contribution in [-0.4, -0.2) is 25.5 Å². The summed E-state index contributed by atoms with van der Waals surface area (Å²) in [5.41, 5.74) is 1.75. The minimum absolute atomic E-state index is 0.126. The highest BCUT2D eigenvalue weighted by atomic mass is 32.2. The maximum absolute atomic E-state index is 13.7. The molecule has 0 spiro atoms. The van der Waals surface area contributed by atoms with Crippen LogP contribution >= 0.6 is 11.8 Å². The van der Waals surface area contributed by atoms with Crippen LogP contribution < -0.4 is 5.32 Å². The molecule has 0 radical (unpaired) electrons. The van der Waals surface area contributed by atoms with Crippen LogP contribution in [-0.2, 0) is 4.74 Å². The number of hydrogen-bond acceptors (Lipinski definition) is 3. The van der Waals surface area contributed by atoms with Gasteiger partial charge in [-0.15, -0.1) is 11.8 Å². The zero-order chi connectivity index (χ0) is 13.8. The van der Waals surface area contributed by atoms with Crippen LogP contribution in [0.5, 0.6) is 0 Å². The summed E-state index contributed by atoms with van der Waals surface area (Å²) < 4.78 is 19.4. The average Bonchev–Trinajstić information content (AvgIpc) is 2.92. The number of nitrogens with one attached hydrogen (secondary N) is 1. The van der Waals surface area contributed by atoms with E-state index in [1.807, 2.05) is 20.0 Å². The van der Waals surface area contributed by atoms with Gasteiger partial charge < -0.3 is 10.1 Å². The number of hydrogen-bond donors (Lipinski definition) is 1. The lowest BCUT2D eigenvalue weighted by Gasteiger charge is -2.18. The minimum Gasteiger partial charge on any atom is -0.377 e. The van der Waals surface area contributed by atoms with Crippen LogP contribution in [0.15, 0.2) is 17.0 Å². The minimum atomic E-state index is -0.126. The average molecular weight is 283 g/mol. The molecule has 1 aromatic rings. The third-order valence-electron chi connectivity index (χ3n) is 3.64. The number of aryl methyl sites for hydroxylation is 1. The van der Waals surface area contributed by atoms with E-state index in [4.69, 9.17) is 4.74 Å². The Hall–Kier alpha value is -0.580. The molecular formula is C15H22FNOS. The molecule has 1 aromatic carbocycles. The van der Waals surface area contributed by atoms with Gasteiger partial charge in [-0.05, 0) is 57.0 Å². The van der Waals surface area contributed by atoms with Crippen LogP contribution in [0.4, 0.5) is 4.39 Å². The number of rotatable bonds is 5. The van der Waals surface area contributed by atoms with E-state index in [1.54, 1.807) is 17.8 Å². The first kappa shape index (κ1) is 14.8. The van der Waals surface area contributed by atoms with E-state index in [1.165, 1.54) is 0 Å². The summed E-state index contributed by atoms with van der Waals surface area (Å²) in [6.07, 6.45) is 2.66. The van der Waals surface area contributed by atoms with Gasteiger partial charge in [-0.1, -0.05) is 0 Å². The molecule has 2 nitrogen and oxygen atoms in total. The first-order chi connectivity index (χ1) is 9.11. The number of ether oxygens (including phenoxy) is 1. The maximum atomic E-state index is 13.7. The summed E-state index contributed by atoms with van der Waals surface area (Å²) in [4.78, 5) is 1.16. The van der Waals surface area contributed by atoms with E-state index < -0.39 is 0 Å². The topological polar surface area (TPSA) is 21.3 Å². The fourth-order valence-corrected chi connectivity index (χ4v) is 3.54. The Balaban J connectivity index is 2.14. The Morgan fingerprint density at radius 3 is 2.95 bits per heavy atom. The van der Waals surface area contributed by atoms with Crippen molar-refractivity contribution in [1.82, 2.24) is 5.32 Å². The van der Waals surface area contributed by atoms with Crippen molar-refractivity contribution in [1.29, 1.82) is 0 Å². The zero-order valence-electron chi connectivity index (χ0n) is 11.8. The molecule has 0 amide bonds. The Bertz CT molecular complexity index is 432. The number of halogens is 1. The molecule has 19 heavy (non-hydrogen) atoms. The predicted octanol–water partition coefficient (Wildman–Crippen LogP) is 3.69. The van der Waals surface area contributed by atoms with Crippen LogP contribution in [0.3, 0.4) is 0 Å². The Kier molecular flexibility index (Phi) is 5.25. The Morgan fingerprint density at radius 2 is 2.32 bits per heavy atom. The fraction of sp³-hybridized carbons (Fsp3) is 0.600. The molecule has 0 aliphatic carbocycles. The van der Waals surface area contributed by atoms with Crippen LogP contribution in [0.25, 0.3) is 0 Å². The van der Waals surface area contributed by atoms with E-state index in [-0.39, 0.29) is 11.9 Å². The lowest BCUT2D eigenvalue weighted by atomic mass is 10.1. The van der Waals surface area contributed by atoms with Crippen LogP contribution in [0.2, 0.25) is 0 Å². The maximum Gasteiger partial charge on any atom is 0.126 e. The highest BCUT2D eigenvalue weighted by Crippen LogP contribution is 2.32. The van der Waals surface area contributed by atoms with Gasteiger partial charge in [0.2, 0.25) is 0 Å². The molecule has 1 aliphatic rings. The van der Waals surface area contributed by atoms with E-state index in [2.05, 4.69) is 12.2 Å². The fourth-order valence-electron chi connectivity index (χ4n) is 2.25. The molecule has 1 heterocycles. The van der Waals surface area contributed by atoms with Crippen molar-refractivity contribution in [3.05, 3.63) is 29.1 Å². The molecule has 2 unspecified atom stereocenters. The van der Waals surface area contributed by atoms with Crippen LogP contribution in [0.1, 0.15) is 36.9 Å². The highest BCUT2D eigenvalue weighted by Gasteiger charge is 2.18. The van der Waals surface area contributed by atoms with E-state index in [0.29, 0.717) is 11.7 Å². The predicted molar refractivity (Wildman–Crippen MR) is 78.3 cm³/mol. The molecule has 2 atom stereocenters. The first-order valence-corrected chi connectivity index (χ1v) is 7.82. The van der Waals surface area contributed by atoms with Gasteiger partial charge in [-0.2, -0.15) is 0 Å². The lowest BCUT2D eigenvalue weighted by Crippen LogP contribution is -2.14.